The predicted molar refractivity (Wildman–Crippen MR) is 152 cm³/mol. The first kappa shape index (κ1) is 31.4. The normalized spacial score (nSPS) is 15.1. The third kappa shape index (κ3) is 9.21. The average molecular weight is 564 g/mol. The number of rotatable bonds is 13. The third-order valence-electron chi connectivity index (χ3n) is 6.55. The molecule has 0 bridgehead atoms. The molecular formula is C30H43F2N3O5. The highest BCUT2D eigenvalue weighted by Gasteiger charge is 2.36. The zero-order chi connectivity index (χ0) is 29.3. The van der Waals surface area contributed by atoms with Gasteiger partial charge in [-0.25, -0.2) is 8.78 Å². The molecule has 222 valence electrons. The Labute approximate surface area is 236 Å². The Balaban J connectivity index is 1.70. The van der Waals surface area contributed by atoms with Crippen molar-refractivity contribution in [3.8, 4) is 11.8 Å². The number of hydrogen-bond donors (Lipinski definition) is 2. The van der Waals surface area contributed by atoms with Crippen molar-refractivity contribution < 1.29 is 32.9 Å². The standard InChI is InChI=1S/C30H43F2N3O5/c1-6-8-16-38-26-11-10-23(28(34-26)39-17-9-7-2)33-24-18-22(32)25(19-21(24)31)35-14-12-30(37,13-15-35)20-27(36)40-29(3,4)5/h10-11,18-19,33,37H,6-9,12-17,20H2,1-5H3. The highest BCUT2D eigenvalue weighted by molar-refractivity contribution is 5.71. The smallest absolute Gasteiger partial charge is 0.309 e. The maximum atomic E-state index is 15.2. The molecule has 0 amide bonds. The van der Waals surface area contributed by atoms with E-state index in [0.29, 0.717) is 24.8 Å². The van der Waals surface area contributed by atoms with Gasteiger partial charge in [-0.3, -0.25) is 4.79 Å². The van der Waals surface area contributed by atoms with Crippen LogP contribution < -0.4 is 19.7 Å². The number of anilines is 3. The van der Waals surface area contributed by atoms with Crippen LogP contribution in [0.1, 0.15) is 79.6 Å². The molecule has 1 saturated heterocycles. The summed E-state index contributed by atoms with van der Waals surface area (Å²) in [5, 5.41) is 13.8. The third-order valence-corrected chi connectivity index (χ3v) is 6.55. The number of unbranched alkanes of at least 4 members (excludes halogenated alkanes) is 2. The van der Waals surface area contributed by atoms with Crippen LogP contribution in [-0.2, 0) is 9.53 Å². The topological polar surface area (TPSA) is 93.2 Å². The van der Waals surface area contributed by atoms with Crippen molar-refractivity contribution >= 4 is 23.0 Å². The number of halogens is 2. The van der Waals surface area contributed by atoms with Crippen molar-refractivity contribution in [2.45, 2.75) is 90.8 Å². The van der Waals surface area contributed by atoms with Crippen LogP contribution in [0.5, 0.6) is 11.8 Å². The summed E-state index contributed by atoms with van der Waals surface area (Å²) in [7, 11) is 0. The number of nitrogens with zero attached hydrogens (tertiary/aromatic N) is 2. The van der Waals surface area contributed by atoms with Crippen LogP contribution in [-0.4, -0.2) is 53.6 Å². The van der Waals surface area contributed by atoms with Crippen molar-refractivity contribution in [3.05, 3.63) is 35.9 Å². The van der Waals surface area contributed by atoms with Crippen LogP contribution in [0.25, 0.3) is 0 Å². The van der Waals surface area contributed by atoms with Gasteiger partial charge >= 0.3 is 5.97 Å². The lowest BCUT2D eigenvalue weighted by atomic mass is 9.88. The molecular weight excluding hydrogens is 520 g/mol. The second-order valence-electron chi connectivity index (χ2n) is 11.3. The largest absolute Gasteiger partial charge is 0.478 e. The zero-order valence-electron chi connectivity index (χ0n) is 24.3. The summed E-state index contributed by atoms with van der Waals surface area (Å²) in [6, 6.07) is 5.59. The maximum absolute atomic E-state index is 15.2. The monoisotopic (exact) mass is 563 g/mol. The quantitative estimate of drug-likeness (QED) is 0.210. The number of aromatic nitrogens is 1. The number of esters is 1. The lowest BCUT2D eigenvalue weighted by molar-refractivity contribution is -0.161. The van der Waals surface area contributed by atoms with E-state index in [1.165, 1.54) is 0 Å². The van der Waals surface area contributed by atoms with Gasteiger partial charge in [-0.1, -0.05) is 26.7 Å². The number of benzene rings is 1. The van der Waals surface area contributed by atoms with Gasteiger partial charge in [0.25, 0.3) is 0 Å². The van der Waals surface area contributed by atoms with Gasteiger partial charge in [0.05, 0.1) is 36.6 Å². The first-order valence-electron chi connectivity index (χ1n) is 14.1. The summed E-state index contributed by atoms with van der Waals surface area (Å²) in [4.78, 5) is 18.3. The second kappa shape index (κ2) is 14.0. The molecule has 0 atom stereocenters. The fourth-order valence-electron chi connectivity index (χ4n) is 4.35. The van der Waals surface area contributed by atoms with E-state index in [2.05, 4.69) is 17.2 Å². The summed E-state index contributed by atoms with van der Waals surface area (Å²) < 4.78 is 47.3. The molecule has 0 radical (unpaired) electrons. The number of carbonyl (C=O) groups excluding carboxylic acids is 1. The number of hydrogen-bond acceptors (Lipinski definition) is 8. The van der Waals surface area contributed by atoms with E-state index in [9.17, 15) is 9.90 Å². The van der Waals surface area contributed by atoms with Gasteiger partial charge in [0, 0.05) is 31.3 Å². The predicted octanol–water partition coefficient (Wildman–Crippen LogP) is 6.52. The van der Waals surface area contributed by atoms with Gasteiger partial charge in [-0.2, -0.15) is 4.98 Å². The van der Waals surface area contributed by atoms with E-state index >= 15 is 8.78 Å². The number of carbonyl (C=O) groups is 1. The molecule has 0 aliphatic carbocycles. The highest BCUT2D eigenvalue weighted by atomic mass is 19.1. The van der Waals surface area contributed by atoms with Crippen molar-refractivity contribution in [1.29, 1.82) is 0 Å². The molecule has 3 rings (SSSR count). The molecule has 1 aliphatic rings. The summed E-state index contributed by atoms with van der Waals surface area (Å²) in [6.45, 7) is 10.9. The van der Waals surface area contributed by atoms with Crippen LogP contribution in [0, 0.1) is 11.6 Å². The molecule has 40 heavy (non-hydrogen) atoms. The summed E-state index contributed by atoms with van der Waals surface area (Å²) in [5.74, 6) is -1.07. The molecule has 2 N–H and O–H groups in total. The van der Waals surface area contributed by atoms with E-state index in [0.717, 1.165) is 37.8 Å². The van der Waals surface area contributed by atoms with Gasteiger partial charge in [0.2, 0.25) is 11.8 Å². The lowest BCUT2D eigenvalue weighted by Crippen LogP contribution is -2.46. The molecule has 1 aromatic carbocycles. The first-order chi connectivity index (χ1) is 18.9. The SMILES string of the molecule is CCCCOc1ccc(Nc2cc(F)c(N3CCC(O)(CC(=O)OC(C)(C)C)CC3)cc2F)c(OCCCC)n1. The molecule has 0 saturated carbocycles. The molecule has 2 heterocycles. The van der Waals surface area contributed by atoms with Crippen LogP contribution in [0.3, 0.4) is 0 Å². The second-order valence-corrected chi connectivity index (χ2v) is 11.3. The maximum Gasteiger partial charge on any atom is 0.309 e. The van der Waals surface area contributed by atoms with Gasteiger partial charge in [0.15, 0.2) is 0 Å². The molecule has 1 aromatic heterocycles. The Morgan fingerprint density at radius 1 is 1.02 bits per heavy atom. The summed E-state index contributed by atoms with van der Waals surface area (Å²) in [6.07, 6.45) is 3.95. The number of piperidine rings is 1. The Bertz CT molecular complexity index is 1130. The summed E-state index contributed by atoms with van der Waals surface area (Å²) >= 11 is 0. The lowest BCUT2D eigenvalue weighted by Gasteiger charge is -2.39. The Morgan fingerprint density at radius 3 is 2.30 bits per heavy atom. The van der Waals surface area contributed by atoms with Gasteiger partial charge in [-0.05, 0) is 52.5 Å². The average Bonchev–Trinajstić information content (AvgIpc) is 2.87. The van der Waals surface area contributed by atoms with Crippen molar-refractivity contribution in [2.75, 3.05) is 36.5 Å². The van der Waals surface area contributed by atoms with Gasteiger partial charge < -0.3 is 29.5 Å². The van der Waals surface area contributed by atoms with Gasteiger partial charge in [0.1, 0.15) is 22.9 Å². The van der Waals surface area contributed by atoms with E-state index in [1.807, 2.05) is 6.92 Å². The fraction of sp³-hybridized carbons (Fsp3) is 0.600. The highest BCUT2D eigenvalue weighted by Crippen LogP contribution is 2.35. The Morgan fingerprint density at radius 2 is 1.68 bits per heavy atom. The molecule has 2 aromatic rings. The van der Waals surface area contributed by atoms with Crippen molar-refractivity contribution in [2.24, 2.45) is 0 Å². The van der Waals surface area contributed by atoms with Crippen LogP contribution in [0.4, 0.5) is 25.8 Å². The fourth-order valence-corrected chi connectivity index (χ4v) is 4.35. The molecule has 8 nitrogen and oxygen atoms in total. The van der Waals surface area contributed by atoms with Crippen LogP contribution in [0.15, 0.2) is 24.3 Å². The minimum Gasteiger partial charge on any atom is -0.478 e. The molecule has 1 fully saturated rings. The van der Waals surface area contributed by atoms with Crippen LogP contribution >= 0.6 is 0 Å². The molecule has 10 heteroatoms. The number of ether oxygens (including phenoxy) is 3. The van der Waals surface area contributed by atoms with E-state index < -0.39 is 28.8 Å². The van der Waals surface area contributed by atoms with Crippen molar-refractivity contribution in [1.82, 2.24) is 4.98 Å². The number of pyridine rings is 1. The number of aliphatic hydroxyl groups is 1. The number of nitrogens with one attached hydrogen (secondary N) is 1. The summed E-state index contributed by atoms with van der Waals surface area (Å²) in [5.41, 5.74) is -1.45. The van der Waals surface area contributed by atoms with Crippen LogP contribution in [0.2, 0.25) is 0 Å². The van der Waals surface area contributed by atoms with E-state index in [1.54, 1.807) is 37.8 Å². The van der Waals surface area contributed by atoms with E-state index in [4.69, 9.17) is 14.2 Å². The first-order valence-corrected chi connectivity index (χ1v) is 14.1. The molecule has 0 unspecified atom stereocenters. The molecule has 0 spiro atoms. The van der Waals surface area contributed by atoms with Crippen molar-refractivity contribution in [3.63, 3.8) is 0 Å². The molecule has 1 aliphatic heterocycles. The minimum absolute atomic E-state index is 0.0542. The minimum atomic E-state index is -1.25. The van der Waals surface area contributed by atoms with Gasteiger partial charge in [-0.15, -0.1) is 0 Å². The Hall–Kier alpha value is -3.14. The Kier molecular flexibility index (Phi) is 11.0. The van der Waals surface area contributed by atoms with E-state index in [-0.39, 0.29) is 49.6 Å². The zero-order valence-corrected chi connectivity index (χ0v) is 24.3.